The van der Waals surface area contributed by atoms with Gasteiger partial charge in [0.25, 0.3) is 0 Å². The summed E-state index contributed by atoms with van der Waals surface area (Å²) in [6, 6.07) is 14.5. The van der Waals surface area contributed by atoms with Gasteiger partial charge in [-0.15, -0.1) is 0 Å². The van der Waals surface area contributed by atoms with Gasteiger partial charge >= 0.3 is 0 Å². The van der Waals surface area contributed by atoms with E-state index in [0.717, 1.165) is 41.9 Å². The van der Waals surface area contributed by atoms with Crippen molar-refractivity contribution in [2.45, 2.75) is 64.4 Å². The Balaban J connectivity index is 1.44. The smallest absolute Gasteiger partial charge is 0.119 e. The lowest BCUT2D eigenvalue weighted by molar-refractivity contribution is 0.125. The molecule has 1 saturated carbocycles. The van der Waals surface area contributed by atoms with Gasteiger partial charge in [-0.3, -0.25) is 0 Å². The minimum absolute atomic E-state index is 0.232. The number of nitrogens with one attached hydrogen (secondary N) is 1. The molecule has 4 rings (SSSR count). The molecule has 2 radical (unpaired) electrons. The number of aromatic amines is 1. The zero-order chi connectivity index (χ0) is 21.1. The van der Waals surface area contributed by atoms with Gasteiger partial charge in [0.05, 0.1) is 12.7 Å². The molecular weight excluding hydrogens is 369 g/mol. The van der Waals surface area contributed by atoms with Crippen molar-refractivity contribution < 1.29 is 9.84 Å². The number of aliphatic hydroxyl groups is 1. The van der Waals surface area contributed by atoms with Gasteiger partial charge in [-0.05, 0) is 48.1 Å². The van der Waals surface area contributed by atoms with Crippen LogP contribution in [0.25, 0.3) is 10.9 Å². The highest BCUT2D eigenvalue weighted by Gasteiger charge is 2.24. The second-order valence-electron chi connectivity index (χ2n) is 8.83. The maximum Gasteiger partial charge on any atom is 0.119 e. The van der Waals surface area contributed by atoms with Gasteiger partial charge in [-0.1, -0.05) is 62.8 Å². The van der Waals surface area contributed by atoms with Crippen LogP contribution in [0.4, 0.5) is 0 Å². The number of hydrogen-bond donors (Lipinski definition) is 2. The summed E-state index contributed by atoms with van der Waals surface area (Å²) >= 11 is 0. The van der Waals surface area contributed by atoms with Crippen molar-refractivity contribution in [1.82, 2.24) is 4.98 Å². The van der Waals surface area contributed by atoms with Crippen LogP contribution < -0.4 is 10.2 Å². The molecule has 0 amide bonds. The predicted octanol–water partition coefficient (Wildman–Crippen LogP) is 5.00. The molecule has 0 aliphatic heterocycles. The molecule has 3 nitrogen and oxygen atoms in total. The SMILES string of the molecule is [B]c1ccc2[nH]c(C(C)c3ccc(OCC[C@H](O)CC4CC4)cc3)c(CCC)c2c1. The molecule has 1 aliphatic carbocycles. The lowest BCUT2D eigenvalue weighted by atomic mass is 9.90. The number of fused-ring (bicyclic) bond motifs is 1. The van der Waals surface area contributed by atoms with E-state index >= 15 is 0 Å². The molecule has 2 aromatic carbocycles. The molecule has 1 heterocycles. The number of rotatable bonds is 10. The molecular formula is C26H32BNO2. The normalized spacial score (nSPS) is 16.0. The summed E-state index contributed by atoms with van der Waals surface area (Å²) in [5.74, 6) is 1.87. The van der Waals surface area contributed by atoms with Gasteiger partial charge in [-0.25, -0.2) is 0 Å². The molecule has 4 heteroatoms. The second kappa shape index (κ2) is 9.30. The summed E-state index contributed by atoms with van der Waals surface area (Å²) in [4.78, 5) is 3.64. The molecule has 3 aromatic rings. The van der Waals surface area contributed by atoms with E-state index < -0.39 is 0 Å². The number of H-pyrrole nitrogens is 1. The van der Waals surface area contributed by atoms with Crippen LogP contribution in [0.15, 0.2) is 42.5 Å². The summed E-state index contributed by atoms with van der Waals surface area (Å²) in [7, 11) is 6.04. The Labute approximate surface area is 181 Å². The third-order valence-electron chi connectivity index (χ3n) is 6.30. The van der Waals surface area contributed by atoms with Crippen molar-refractivity contribution in [2.24, 2.45) is 5.92 Å². The van der Waals surface area contributed by atoms with Gasteiger partial charge in [-0.2, -0.15) is 0 Å². The minimum Gasteiger partial charge on any atom is -0.493 e. The summed E-state index contributed by atoms with van der Waals surface area (Å²) in [6.07, 6.45) is 6.09. The van der Waals surface area contributed by atoms with Crippen molar-refractivity contribution in [3.05, 3.63) is 59.3 Å². The molecule has 2 atom stereocenters. The standard InChI is InChI=1S/C26H32BNO2/c1-3-4-23-24-16-20(27)9-12-25(24)28-26(23)17(2)19-7-10-22(11-8-19)30-14-13-21(29)15-18-5-6-18/h7-12,16-18,21,28-29H,3-6,13-15H2,1-2H3/t17?,21-/m0/s1. The number of aliphatic hydroxyl groups excluding tert-OH is 1. The molecule has 156 valence electrons. The first-order valence-corrected chi connectivity index (χ1v) is 11.4. The van der Waals surface area contributed by atoms with Crippen molar-refractivity contribution in [3.8, 4) is 5.75 Å². The van der Waals surface area contributed by atoms with Gasteiger partial charge in [0.15, 0.2) is 0 Å². The highest BCUT2D eigenvalue weighted by atomic mass is 16.5. The van der Waals surface area contributed by atoms with E-state index in [-0.39, 0.29) is 12.0 Å². The summed E-state index contributed by atoms with van der Waals surface area (Å²) in [6.45, 7) is 5.03. The van der Waals surface area contributed by atoms with E-state index in [9.17, 15) is 5.11 Å². The van der Waals surface area contributed by atoms with Gasteiger partial charge in [0, 0.05) is 28.9 Å². The van der Waals surface area contributed by atoms with Crippen LogP contribution in [-0.4, -0.2) is 30.6 Å². The number of benzene rings is 2. The van der Waals surface area contributed by atoms with Crippen LogP contribution in [-0.2, 0) is 6.42 Å². The topological polar surface area (TPSA) is 45.2 Å². The lowest BCUT2D eigenvalue weighted by Gasteiger charge is -2.15. The van der Waals surface area contributed by atoms with Crippen LogP contribution in [0.1, 0.15) is 68.7 Å². The monoisotopic (exact) mass is 401 g/mol. The molecule has 1 aromatic heterocycles. The molecule has 0 spiro atoms. The quantitative estimate of drug-likeness (QED) is 0.470. The Bertz CT molecular complexity index is 975. The average molecular weight is 401 g/mol. The van der Waals surface area contributed by atoms with Crippen molar-refractivity contribution >= 4 is 24.2 Å². The van der Waals surface area contributed by atoms with Gasteiger partial charge in [0.1, 0.15) is 13.6 Å². The molecule has 2 N–H and O–H groups in total. The fraction of sp³-hybridized carbons (Fsp3) is 0.462. The van der Waals surface area contributed by atoms with E-state index in [1.807, 2.05) is 18.2 Å². The Kier molecular flexibility index (Phi) is 6.53. The van der Waals surface area contributed by atoms with Crippen molar-refractivity contribution in [2.75, 3.05) is 6.61 Å². The Hall–Kier alpha value is -2.20. The first kappa shape index (κ1) is 21.1. The third kappa shape index (κ3) is 4.92. The summed E-state index contributed by atoms with van der Waals surface area (Å²) in [5.41, 5.74) is 5.86. The van der Waals surface area contributed by atoms with E-state index in [1.165, 1.54) is 35.0 Å². The van der Waals surface area contributed by atoms with E-state index in [1.54, 1.807) is 0 Å². The fourth-order valence-electron chi connectivity index (χ4n) is 4.36. The number of aromatic nitrogens is 1. The van der Waals surface area contributed by atoms with Crippen molar-refractivity contribution in [3.63, 3.8) is 0 Å². The summed E-state index contributed by atoms with van der Waals surface area (Å²) < 4.78 is 5.86. The highest BCUT2D eigenvalue weighted by molar-refractivity contribution is 6.33. The largest absolute Gasteiger partial charge is 0.493 e. The van der Waals surface area contributed by atoms with E-state index in [2.05, 4.69) is 43.1 Å². The van der Waals surface area contributed by atoms with E-state index in [0.29, 0.717) is 13.0 Å². The third-order valence-corrected chi connectivity index (χ3v) is 6.30. The molecule has 0 saturated heterocycles. The number of hydrogen-bond acceptors (Lipinski definition) is 2. The average Bonchev–Trinajstić information content (AvgIpc) is 3.48. The van der Waals surface area contributed by atoms with Crippen LogP contribution in [0, 0.1) is 5.92 Å². The van der Waals surface area contributed by atoms with Crippen LogP contribution >= 0.6 is 0 Å². The Morgan fingerprint density at radius 2 is 1.93 bits per heavy atom. The lowest BCUT2D eigenvalue weighted by Crippen LogP contribution is -2.12. The zero-order valence-corrected chi connectivity index (χ0v) is 18.2. The van der Waals surface area contributed by atoms with Gasteiger partial charge < -0.3 is 14.8 Å². The minimum atomic E-state index is -0.232. The molecule has 30 heavy (non-hydrogen) atoms. The summed E-state index contributed by atoms with van der Waals surface area (Å²) in [5, 5.41) is 11.3. The first-order chi connectivity index (χ1) is 14.5. The molecule has 1 fully saturated rings. The van der Waals surface area contributed by atoms with Crippen LogP contribution in [0.2, 0.25) is 0 Å². The maximum absolute atomic E-state index is 10.0. The maximum atomic E-state index is 10.0. The Morgan fingerprint density at radius 1 is 1.17 bits per heavy atom. The second-order valence-corrected chi connectivity index (χ2v) is 8.83. The van der Waals surface area contributed by atoms with Gasteiger partial charge in [0.2, 0.25) is 0 Å². The molecule has 1 aliphatic rings. The number of ether oxygens (including phenoxy) is 1. The van der Waals surface area contributed by atoms with E-state index in [4.69, 9.17) is 12.6 Å². The molecule has 0 bridgehead atoms. The first-order valence-electron chi connectivity index (χ1n) is 11.4. The molecule has 1 unspecified atom stereocenters. The highest BCUT2D eigenvalue weighted by Crippen LogP contribution is 2.34. The number of aryl methyl sites for hydroxylation is 1. The fourth-order valence-corrected chi connectivity index (χ4v) is 4.36. The van der Waals surface area contributed by atoms with Crippen LogP contribution in [0.5, 0.6) is 5.75 Å². The predicted molar refractivity (Wildman–Crippen MR) is 125 cm³/mol. The Morgan fingerprint density at radius 3 is 2.63 bits per heavy atom. The van der Waals surface area contributed by atoms with Crippen molar-refractivity contribution in [1.29, 1.82) is 0 Å². The van der Waals surface area contributed by atoms with Crippen LogP contribution in [0.3, 0.4) is 0 Å². The zero-order valence-electron chi connectivity index (χ0n) is 18.2.